The Morgan fingerprint density at radius 2 is 1.41 bits per heavy atom. The minimum Gasteiger partial charge on any atom is -0.370 e. The number of fused-ring (bicyclic) bond motifs is 1. The highest BCUT2D eigenvalue weighted by molar-refractivity contribution is 6.21. The highest BCUT2D eigenvalue weighted by atomic mass is 16.5. The lowest BCUT2D eigenvalue weighted by molar-refractivity contribution is 0.0126. The zero-order valence-electron chi connectivity index (χ0n) is 15.0. The van der Waals surface area contributed by atoms with E-state index in [-0.39, 0.29) is 36.4 Å². The molecule has 1 heterocycles. The van der Waals surface area contributed by atoms with Crippen LogP contribution in [0.3, 0.4) is 0 Å². The van der Waals surface area contributed by atoms with Crippen molar-refractivity contribution < 1.29 is 19.1 Å². The molecular formula is C22H21NO4. The Balaban J connectivity index is 1.32. The van der Waals surface area contributed by atoms with Gasteiger partial charge in [0.15, 0.2) is 5.78 Å². The third kappa shape index (κ3) is 3.43. The second-order valence-electron chi connectivity index (χ2n) is 7.06. The molecule has 2 aromatic rings. The van der Waals surface area contributed by atoms with Crippen molar-refractivity contribution in [1.29, 1.82) is 0 Å². The van der Waals surface area contributed by atoms with Crippen LogP contribution in [0, 0.1) is 0 Å². The molecule has 5 nitrogen and oxygen atoms in total. The van der Waals surface area contributed by atoms with Gasteiger partial charge in [-0.15, -0.1) is 0 Å². The lowest BCUT2D eigenvalue weighted by atomic mass is 9.91. The fourth-order valence-corrected chi connectivity index (χ4v) is 3.91. The lowest BCUT2D eigenvalue weighted by Gasteiger charge is -2.33. The van der Waals surface area contributed by atoms with Gasteiger partial charge < -0.3 is 4.74 Å². The number of ether oxygens (including phenoxy) is 1. The third-order valence-corrected chi connectivity index (χ3v) is 5.38. The first-order valence-electron chi connectivity index (χ1n) is 9.32. The van der Waals surface area contributed by atoms with Crippen LogP contribution in [0.15, 0.2) is 54.6 Å². The van der Waals surface area contributed by atoms with E-state index in [1.807, 2.05) is 18.2 Å². The zero-order chi connectivity index (χ0) is 18.8. The Kier molecular flexibility index (Phi) is 4.86. The number of Topliss-reactive ketones (excluding diaryl/α,β-unsaturated/α-hetero) is 1. The van der Waals surface area contributed by atoms with Crippen LogP contribution in [0.2, 0.25) is 0 Å². The number of nitrogens with zero attached hydrogens (tertiary/aromatic N) is 1. The van der Waals surface area contributed by atoms with Crippen LogP contribution in [0.1, 0.15) is 56.8 Å². The number of ketones is 1. The number of imide groups is 1. The fourth-order valence-electron chi connectivity index (χ4n) is 3.91. The van der Waals surface area contributed by atoms with Crippen molar-refractivity contribution in [2.75, 3.05) is 6.61 Å². The van der Waals surface area contributed by atoms with E-state index in [0.29, 0.717) is 29.5 Å². The SMILES string of the molecule is O=C(CO[C@H]1CC[C@H](N2C(=O)c3ccccc3C2=O)CC1)c1ccccc1. The van der Waals surface area contributed by atoms with Crippen molar-refractivity contribution in [3.05, 3.63) is 71.3 Å². The van der Waals surface area contributed by atoms with E-state index in [1.165, 1.54) is 4.90 Å². The first kappa shape index (κ1) is 17.6. The summed E-state index contributed by atoms with van der Waals surface area (Å²) in [5.74, 6) is -0.420. The standard InChI is InChI=1S/C22H21NO4/c24-20(15-6-2-1-3-7-15)14-27-17-12-10-16(11-13-17)23-21(25)18-8-4-5-9-19(18)22(23)26/h1-9,16-17H,10-14H2/t16-,17-. The number of benzene rings is 2. The quantitative estimate of drug-likeness (QED) is 0.603. The largest absolute Gasteiger partial charge is 0.370 e. The second kappa shape index (κ2) is 7.45. The van der Waals surface area contributed by atoms with Gasteiger partial charge in [0.2, 0.25) is 0 Å². The molecule has 4 rings (SSSR count). The van der Waals surface area contributed by atoms with Crippen LogP contribution < -0.4 is 0 Å². The van der Waals surface area contributed by atoms with E-state index in [0.717, 1.165) is 12.8 Å². The Labute approximate surface area is 157 Å². The molecule has 2 amide bonds. The molecule has 2 aromatic carbocycles. The molecule has 1 aliphatic carbocycles. The van der Waals surface area contributed by atoms with E-state index in [1.54, 1.807) is 36.4 Å². The molecule has 27 heavy (non-hydrogen) atoms. The molecule has 0 aromatic heterocycles. The molecule has 0 atom stereocenters. The van der Waals surface area contributed by atoms with Crippen LogP contribution in [0.5, 0.6) is 0 Å². The Bertz CT molecular complexity index is 834. The predicted octanol–water partition coefficient (Wildman–Crippen LogP) is 3.49. The molecular weight excluding hydrogens is 342 g/mol. The van der Waals surface area contributed by atoms with Gasteiger partial charge in [0.05, 0.1) is 17.2 Å². The molecule has 0 spiro atoms. The van der Waals surface area contributed by atoms with Crippen LogP contribution in [-0.2, 0) is 4.74 Å². The van der Waals surface area contributed by atoms with Crippen LogP contribution in [-0.4, -0.2) is 41.3 Å². The van der Waals surface area contributed by atoms with Crippen molar-refractivity contribution in [1.82, 2.24) is 4.90 Å². The number of carbonyl (C=O) groups excluding carboxylic acids is 3. The monoisotopic (exact) mass is 363 g/mol. The lowest BCUT2D eigenvalue weighted by Crippen LogP contribution is -2.43. The Hall–Kier alpha value is -2.79. The summed E-state index contributed by atoms with van der Waals surface area (Å²) in [4.78, 5) is 38.7. The predicted molar refractivity (Wildman–Crippen MR) is 99.7 cm³/mol. The van der Waals surface area contributed by atoms with Crippen LogP contribution in [0.25, 0.3) is 0 Å². The second-order valence-corrected chi connectivity index (χ2v) is 7.06. The average Bonchev–Trinajstić information content (AvgIpc) is 2.98. The van der Waals surface area contributed by atoms with Gasteiger partial charge in [-0.05, 0) is 37.8 Å². The zero-order valence-corrected chi connectivity index (χ0v) is 15.0. The first-order valence-corrected chi connectivity index (χ1v) is 9.32. The van der Waals surface area contributed by atoms with Crippen molar-refractivity contribution in [2.24, 2.45) is 0 Å². The number of carbonyl (C=O) groups is 3. The van der Waals surface area contributed by atoms with Gasteiger partial charge in [-0.2, -0.15) is 0 Å². The molecule has 0 unspecified atom stereocenters. The third-order valence-electron chi connectivity index (χ3n) is 5.38. The van der Waals surface area contributed by atoms with E-state index in [9.17, 15) is 14.4 Å². The van der Waals surface area contributed by atoms with E-state index >= 15 is 0 Å². The minimum absolute atomic E-state index is 0.0101. The molecule has 0 N–H and O–H groups in total. The maximum absolute atomic E-state index is 12.6. The van der Waals surface area contributed by atoms with Crippen molar-refractivity contribution in [3.63, 3.8) is 0 Å². The summed E-state index contributed by atoms with van der Waals surface area (Å²) in [6.07, 6.45) is 2.87. The van der Waals surface area contributed by atoms with Gasteiger partial charge in [-0.25, -0.2) is 0 Å². The normalized spacial score (nSPS) is 22.0. The highest BCUT2D eigenvalue weighted by Gasteiger charge is 2.40. The van der Waals surface area contributed by atoms with E-state index in [2.05, 4.69) is 0 Å². The highest BCUT2D eigenvalue weighted by Crippen LogP contribution is 2.31. The number of hydrogen-bond acceptors (Lipinski definition) is 4. The molecule has 138 valence electrons. The molecule has 0 bridgehead atoms. The smallest absolute Gasteiger partial charge is 0.261 e. The molecule has 1 fully saturated rings. The van der Waals surface area contributed by atoms with Crippen LogP contribution >= 0.6 is 0 Å². The van der Waals surface area contributed by atoms with E-state index < -0.39 is 0 Å². The summed E-state index contributed by atoms with van der Waals surface area (Å²) in [6, 6.07) is 16.0. The first-order chi connectivity index (χ1) is 13.1. The van der Waals surface area contributed by atoms with Gasteiger partial charge in [0, 0.05) is 11.6 Å². The van der Waals surface area contributed by atoms with Gasteiger partial charge in [-0.3, -0.25) is 19.3 Å². The van der Waals surface area contributed by atoms with Crippen molar-refractivity contribution in [3.8, 4) is 0 Å². The number of hydrogen-bond donors (Lipinski definition) is 0. The summed E-state index contributed by atoms with van der Waals surface area (Å²) >= 11 is 0. The topological polar surface area (TPSA) is 63.7 Å². The average molecular weight is 363 g/mol. The molecule has 1 aliphatic heterocycles. The van der Waals surface area contributed by atoms with Gasteiger partial charge >= 0.3 is 0 Å². The maximum atomic E-state index is 12.6. The van der Waals surface area contributed by atoms with E-state index in [4.69, 9.17) is 4.74 Å². The van der Waals surface area contributed by atoms with Gasteiger partial charge in [0.25, 0.3) is 11.8 Å². The maximum Gasteiger partial charge on any atom is 0.261 e. The van der Waals surface area contributed by atoms with Crippen molar-refractivity contribution in [2.45, 2.75) is 37.8 Å². The molecule has 5 heteroatoms. The molecule has 0 radical (unpaired) electrons. The van der Waals surface area contributed by atoms with Crippen molar-refractivity contribution >= 4 is 17.6 Å². The summed E-state index contributed by atoms with van der Waals surface area (Å²) in [5.41, 5.74) is 1.64. The molecule has 2 aliphatic rings. The summed E-state index contributed by atoms with van der Waals surface area (Å²) in [7, 11) is 0. The number of rotatable bonds is 5. The summed E-state index contributed by atoms with van der Waals surface area (Å²) < 4.78 is 5.79. The molecule has 0 saturated heterocycles. The molecule has 1 saturated carbocycles. The van der Waals surface area contributed by atoms with Gasteiger partial charge in [-0.1, -0.05) is 42.5 Å². The van der Waals surface area contributed by atoms with Crippen LogP contribution in [0.4, 0.5) is 0 Å². The summed E-state index contributed by atoms with van der Waals surface area (Å²) in [6.45, 7) is 0.0619. The summed E-state index contributed by atoms with van der Waals surface area (Å²) in [5, 5.41) is 0. The van der Waals surface area contributed by atoms with Gasteiger partial charge in [0.1, 0.15) is 6.61 Å². The Morgan fingerprint density at radius 3 is 2.00 bits per heavy atom. The minimum atomic E-state index is -0.195. The Morgan fingerprint density at radius 1 is 0.852 bits per heavy atom. The fraction of sp³-hybridized carbons (Fsp3) is 0.318. The number of amides is 2.